The lowest BCUT2D eigenvalue weighted by Crippen LogP contribution is -2.42. The highest BCUT2D eigenvalue weighted by atomic mass is 19.1. The molecule has 1 aromatic carbocycles. The Hall–Kier alpha value is -1.79. The number of nitrogens with zero attached hydrogens (tertiary/aromatic N) is 3. The third-order valence-electron chi connectivity index (χ3n) is 3.63. The van der Waals surface area contributed by atoms with Gasteiger partial charge in [-0.2, -0.15) is 0 Å². The fourth-order valence-electron chi connectivity index (χ4n) is 2.62. The number of ether oxygens (including phenoxy) is 1. The lowest BCUT2D eigenvalue weighted by molar-refractivity contribution is 0.0368. The largest absolute Gasteiger partial charge is 0.379 e. The van der Waals surface area contributed by atoms with Crippen LogP contribution in [0.15, 0.2) is 24.5 Å². The number of morpholine rings is 1. The van der Waals surface area contributed by atoms with Crippen molar-refractivity contribution in [2.75, 3.05) is 38.2 Å². The fraction of sp³-hybridized carbons (Fsp3) is 0.467. The lowest BCUT2D eigenvalue weighted by atomic mass is 10.2. The Kier molecular flexibility index (Phi) is 4.26. The van der Waals surface area contributed by atoms with Gasteiger partial charge in [-0.25, -0.2) is 14.4 Å². The van der Waals surface area contributed by atoms with Crippen LogP contribution in [-0.4, -0.2) is 53.8 Å². The van der Waals surface area contributed by atoms with Crippen LogP contribution in [0.3, 0.4) is 0 Å². The average molecular weight is 290 g/mol. The van der Waals surface area contributed by atoms with Gasteiger partial charge >= 0.3 is 0 Å². The first kappa shape index (κ1) is 14.2. The molecule has 1 atom stereocenters. The van der Waals surface area contributed by atoms with Gasteiger partial charge in [0.15, 0.2) is 0 Å². The van der Waals surface area contributed by atoms with E-state index in [1.807, 2.05) is 6.07 Å². The Morgan fingerprint density at radius 1 is 1.33 bits per heavy atom. The van der Waals surface area contributed by atoms with E-state index in [0.717, 1.165) is 32.8 Å². The van der Waals surface area contributed by atoms with Gasteiger partial charge in [-0.3, -0.25) is 4.90 Å². The van der Waals surface area contributed by atoms with Gasteiger partial charge in [0.1, 0.15) is 23.5 Å². The highest BCUT2D eigenvalue weighted by Gasteiger charge is 2.15. The first-order chi connectivity index (χ1) is 10.2. The fourth-order valence-corrected chi connectivity index (χ4v) is 2.62. The summed E-state index contributed by atoms with van der Waals surface area (Å²) in [5.41, 5.74) is 0.355. The van der Waals surface area contributed by atoms with Crippen molar-refractivity contribution in [2.24, 2.45) is 0 Å². The van der Waals surface area contributed by atoms with Crippen LogP contribution in [0.5, 0.6) is 0 Å². The number of hydrogen-bond donors (Lipinski definition) is 1. The number of rotatable bonds is 4. The van der Waals surface area contributed by atoms with Crippen molar-refractivity contribution in [1.29, 1.82) is 0 Å². The van der Waals surface area contributed by atoms with E-state index in [9.17, 15) is 4.39 Å². The minimum atomic E-state index is -0.321. The number of fused-ring (bicyclic) bond motifs is 1. The monoisotopic (exact) mass is 290 g/mol. The minimum absolute atomic E-state index is 0.212. The van der Waals surface area contributed by atoms with Crippen LogP contribution in [0.2, 0.25) is 0 Å². The van der Waals surface area contributed by atoms with Crippen LogP contribution in [-0.2, 0) is 4.74 Å². The molecule has 5 nitrogen and oxygen atoms in total. The number of aromatic nitrogens is 2. The summed E-state index contributed by atoms with van der Waals surface area (Å²) in [7, 11) is 0. The molecule has 112 valence electrons. The molecule has 0 amide bonds. The molecular formula is C15H19FN4O. The summed E-state index contributed by atoms with van der Waals surface area (Å²) in [5.74, 6) is 0.360. The molecule has 2 heterocycles. The van der Waals surface area contributed by atoms with Crippen molar-refractivity contribution >= 4 is 16.7 Å². The predicted molar refractivity (Wildman–Crippen MR) is 79.8 cm³/mol. The van der Waals surface area contributed by atoms with Crippen molar-refractivity contribution in [3.8, 4) is 0 Å². The molecule has 3 rings (SSSR count). The van der Waals surface area contributed by atoms with Crippen LogP contribution >= 0.6 is 0 Å². The molecule has 1 unspecified atom stereocenters. The molecule has 2 aromatic rings. The van der Waals surface area contributed by atoms with Crippen LogP contribution in [0, 0.1) is 5.82 Å². The number of benzene rings is 1. The van der Waals surface area contributed by atoms with Gasteiger partial charge < -0.3 is 10.1 Å². The van der Waals surface area contributed by atoms with Crippen molar-refractivity contribution in [3.05, 3.63) is 30.3 Å². The summed E-state index contributed by atoms with van der Waals surface area (Å²) in [5, 5.41) is 4.07. The Balaban J connectivity index is 1.73. The molecule has 0 radical (unpaired) electrons. The Labute approximate surface area is 123 Å². The Morgan fingerprint density at radius 3 is 2.95 bits per heavy atom. The van der Waals surface area contributed by atoms with E-state index in [2.05, 4.69) is 27.1 Å². The highest BCUT2D eigenvalue weighted by Crippen LogP contribution is 2.21. The second-order valence-corrected chi connectivity index (χ2v) is 5.32. The molecule has 1 saturated heterocycles. The van der Waals surface area contributed by atoms with Crippen molar-refractivity contribution < 1.29 is 9.13 Å². The molecular weight excluding hydrogens is 271 g/mol. The smallest absolute Gasteiger partial charge is 0.149 e. The summed E-state index contributed by atoms with van der Waals surface area (Å²) in [6.07, 6.45) is 1.40. The molecule has 0 saturated carbocycles. The molecule has 0 aliphatic carbocycles. The quantitative estimate of drug-likeness (QED) is 0.932. The van der Waals surface area contributed by atoms with Gasteiger partial charge in [0.2, 0.25) is 0 Å². The first-order valence-corrected chi connectivity index (χ1v) is 7.20. The van der Waals surface area contributed by atoms with Crippen molar-refractivity contribution in [3.63, 3.8) is 0 Å². The van der Waals surface area contributed by atoms with Gasteiger partial charge in [-0.15, -0.1) is 0 Å². The first-order valence-electron chi connectivity index (χ1n) is 7.20. The molecule has 1 aliphatic rings. The van der Waals surface area contributed by atoms with Gasteiger partial charge in [0.05, 0.1) is 13.2 Å². The number of halogens is 1. The lowest BCUT2D eigenvalue weighted by Gasteiger charge is -2.29. The van der Waals surface area contributed by atoms with Crippen molar-refractivity contribution in [1.82, 2.24) is 14.9 Å². The Bertz CT molecular complexity index is 616. The zero-order valence-electron chi connectivity index (χ0n) is 12.1. The SMILES string of the molecule is CC(CN1CCOCC1)Nc1ncnc2c(F)cccc12. The van der Waals surface area contributed by atoms with Crippen LogP contribution in [0.4, 0.5) is 10.2 Å². The summed E-state index contributed by atoms with van der Waals surface area (Å²) in [6.45, 7) is 6.48. The molecule has 21 heavy (non-hydrogen) atoms. The molecule has 0 spiro atoms. The van der Waals surface area contributed by atoms with Crippen LogP contribution in [0.25, 0.3) is 10.9 Å². The van der Waals surface area contributed by atoms with Gasteiger partial charge in [-0.1, -0.05) is 6.07 Å². The second-order valence-electron chi connectivity index (χ2n) is 5.32. The molecule has 1 aromatic heterocycles. The maximum atomic E-state index is 13.7. The molecule has 0 bridgehead atoms. The standard InChI is InChI=1S/C15H19FN4O/c1-11(9-20-5-7-21-8-6-20)19-15-12-3-2-4-13(16)14(12)17-10-18-15/h2-4,10-11H,5-9H2,1H3,(H,17,18,19). The van der Waals surface area contributed by atoms with E-state index < -0.39 is 0 Å². The molecule has 1 aliphatic heterocycles. The molecule has 6 heteroatoms. The third kappa shape index (κ3) is 3.28. The Morgan fingerprint density at radius 2 is 2.14 bits per heavy atom. The van der Waals surface area contributed by atoms with E-state index in [4.69, 9.17) is 4.74 Å². The maximum absolute atomic E-state index is 13.7. The molecule has 1 fully saturated rings. The number of nitrogens with one attached hydrogen (secondary N) is 1. The van der Waals surface area contributed by atoms with Crippen LogP contribution in [0.1, 0.15) is 6.92 Å². The van der Waals surface area contributed by atoms with E-state index in [0.29, 0.717) is 16.7 Å². The third-order valence-corrected chi connectivity index (χ3v) is 3.63. The van der Waals surface area contributed by atoms with E-state index >= 15 is 0 Å². The summed E-state index contributed by atoms with van der Waals surface area (Å²) >= 11 is 0. The minimum Gasteiger partial charge on any atom is -0.379 e. The summed E-state index contributed by atoms with van der Waals surface area (Å²) in [4.78, 5) is 10.6. The van der Waals surface area contributed by atoms with E-state index in [1.54, 1.807) is 6.07 Å². The van der Waals surface area contributed by atoms with Crippen molar-refractivity contribution in [2.45, 2.75) is 13.0 Å². The zero-order valence-corrected chi connectivity index (χ0v) is 12.1. The summed E-state index contributed by atoms with van der Waals surface area (Å²) in [6, 6.07) is 5.14. The van der Waals surface area contributed by atoms with Gasteiger partial charge in [-0.05, 0) is 19.1 Å². The van der Waals surface area contributed by atoms with E-state index in [1.165, 1.54) is 12.4 Å². The number of hydrogen-bond acceptors (Lipinski definition) is 5. The van der Waals surface area contributed by atoms with Gasteiger partial charge in [0.25, 0.3) is 0 Å². The predicted octanol–water partition coefficient (Wildman–Crippen LogP) is 1.90. The normalized spacial score (nSPS) is 17.8. The molecule has 1 N–H and O–H groups in total. The zero-order chi connectivity index (χ0) is 14.7. The topological polar surface area (TPSA) is 50.3 Å². The highest BCUT2D eigenvalue weighted by molar-refractivity contribution is 5.89. The number of para-hydroxylation sites is 1. The summed E-state index contributed by atoms with van der Waals surface area (Å²) < 4.78 is 19.1. The average Bonchev–Trinajstić information content (AvgIpc) is 2.49. The number of anilines is 1. The maximum Gasteiger partial charge on any atom is 0.149 e. The van der Waals surface area contributed by atoms with Gasteiger partial charge in [0, 0.05) is 31.1 Å². The van der Waals surface area contributed by atoms with Crippen LogP contribution < -0.4 is 5.32 Å². The second kappa shape index (κ2) is 6.32. The van der Waals surface area contributed by atoms with E-state index in [-0.39, 0.29) is 11.9 Å².